The largest absolute Gasteiger partial charge is 0.419 e. The zero-order valence-corrected chi connectivity index (χ0v) is 18.7. The first-order valence-electron chi connectivity index (χ1n) is 9.23. The van der Waals surface area contributed by atoms with Crippen LogP contribution in [0.4, 0.5) is 36.4 Å². The van der Waals surface area contributed by atoms with E-state index < -0.39 is 56.3 Å². The summed E-state index contributed by atoms with van der Waals surface area (Å²) in [5.74, 6) is -2.64. The number of alkyl halides is 6. The maximum Gasteiger partial charge on any atom is 0.419 e. The number of nitrogens with zero attached hydrogens (tertiary/aromatic N) is 2. The molecule has 6 nitrogen and oxygen atoms in total. The molecule has 0 spiro atoms. The number of rotatable bonds is 6. The lowest BCUT2D eigenvalue weighted by atomic mass is 10.1. The number of anilines is 1. The number of carbonyl (C=O) groups is 1. The van der Waals surface area contributed by atoms with Crippen molar-refractivity contribution in [1.82, 2.24) is 8.87 Å². The van der Waals surface area contributed by atoms with Gasteiger partial charge in [-0.1, -0.05) is 6.58 Å². The molecule has 1 aromatic heterocycles. The molecule has 0 saturated heterocycles. The molecule has 0 bridgehead atoms. The molecule has 1 atom stereocenters. The maximum absolute atomic E-state index is 13.5. The Bertz CT molecular complexity index is 1260. The maximum atomic E-state index is 13.5. The van der Waals surface area contributed by atoms with E-state index in [4.69, 9.17) is 0 Å². The van der Waals surface area contributed by atoms with Gasteiger partial charge in [-0.05, 0) is 32.0 Å². The first kappa shape index (κ1) is 27.0. The average Bonchev–Trinajstić information content (AvgIpc) is 3.00. The molecule has 1 aromatic carbocycles. The van der Waals surface area contributed by atoms with Gasteiger partial charge in [0.15, 0.2) is 0 Å². The molecule has 34 heavy (non-hydrogen) atoms. The molecule has 0 unspecified atom stereocenters. The standard InChI is InChI=1S/C20H18F7N3O3S/c1-5-8-30(12(3)19(22,23)24)34(32,33)16-10-29(4)17(11(16)2)18(31)28-13-6-7-15(21)14(9-13)20(25,26)27/h6-10,12H,1H2,2-4H3,(H,28,31)/t12-/m1/s1. The van der Waals surface area contributed by atoms with Crippen LogP contribution in [-0.4, -0.2) is 35.4 Å². The number of nitrogens with one attached hydrogen (secondary N) is 1. The molecule has 186 valence electrons. The third kappa shape index (κ3) is 5.28. The molecule has 0 fully saturated rings. The molecule has 1 heterocycles. The van der Waals surface area contributed by atoms with E-state index in [-0.39, 0.29) is 15.6 Å². The van der Waals surface area contributed by atoms with E-state index in [9.17, 15) is 43.9 Å². The Morgan fingerprint density at radius 2 is 1.82 bits per heavy atom. The molecule has 1 amide bonds. The van der Waals surface area contributed by atoms with Gasteiger partial charge in [-0.25, -0.2) is 12.8 Å². The molecule has 1 N–H and O–H groups in total. The Hall–Kier alpha value is -3.25. The Balaban J connectivity index is 2.51. The molecular weight excluding hydrogens is 495 g/mol. The van der Waals surface area contributed by atoms with Gasteiger partial charge in [-0.15, -0.1) is 5.73 Å². The van der Waals surface area contributed by atoms with Crippen LogP contribution >= 0.6 is 0 Å². The van der Waals surface area contributed by atoms with E-state index in [2.05, 4.69) is 11.9 Å². The highest BCUT2D eigenvalue weighted by molar-refractivity contribution is 7.89. The number of hydrogen-bond donors (Lipinski definition) is 1. The molecule has 0 aliphatic heterocycles. The Kier molecular flexibility index (Phi) is 7.29. The smallest absolute Gasteiger partial charge is 0.345 e. The van der Waals surface area contributed by atoms with Gasteiger partial charge >= 0.3 is 12.4 Å². The molecule has 0 aliphatic rings. The van der Waals surface area contributed by atoms with Gasteiger partial charge in [0.25, 0.3) is 15.9 Å². The van der Waals surface area contributed by atoms with Crippen LogP contribution < -0.4 is 5.32 Å². The zero-order valence-electron chi connectivity index (χ0n) is 17.8. The second-order valence-corrected chi connectivity index (χ2v) is 8.92. The van der Waals surface area contributed by atoms with Crippen LogP contribution in [0.1, 0.15) is 28.5 Å². The Morgan fingerprint density at radius 1 is 1.24 bits per heavy atom. The highest BCUT2D eigenvalue weighted by Gasteiger charge is 2.45. The summed E-state index contributed by atoms with van der Waals surface area (Å²) >= 11 is 0. The van der Waals surface area contributed by atoms with Crippen molar-refractivity contribution in [1.29, 1.82) is 0 Å². The number of aromatic nitrogens is 1. The minimum atomic E-state index is -5.04. The lowest BCUT2D eigenvalue weighted by Gasteiger charge is -2.28. The van der Waals surface area contributed by atoms with Crippen molar-refractivity contribution in [3.05, 3.63) is 65.5 Å². The van der Waals surface area contributed by atoms with Crippen LogP contribution in [0.15, 0.2) is 47.8 Å². The summed E-state index contributed by atoms with van der Waals surface area (Å²) in [6.45, 7) is 4.83. The van der Waals surface area contributed by atoms with Crippen LogP contribution in [-0.2, 0) is 23.2 Å². The molecular formula is C20H18F7N3O3S. The molecule has 2 rings (SSSR count). The number of halogens is 7. The van der Waals surface area contributed by atoms with E-state index in [1.165, 1.54) is 7.05 Å². The third-order valence-corrected chi connectivity index (χ3v) is 6.71. The highest BCUT2D eigenvalue weighted by Crippen LogP contribution is 2.34. The topological polar surface area (TPSA) is 71.4 Å². The predicted molar refractivity (Wildman–Crippen MR) is 108 cm³/mol. The van der Waals surface area contributed by atoms with Crippen LogP contribution in [0.2, 0.25) is 0 Å². The van der Waals surface area contributed by atoms with Gasteiger partial charge in [0.1, 0.15) is 22.4 Å². The van der Waals surface area contributed by atoms with Gasteiger partial charge in [0, 0.05) is 24.5 Å². The quantitative estimate of drug-likeness (QED) is 0.438. The fraction of sp³-hybridized carbons (Fsp3) is 0.300. The summed E-state index contributed by atoms with van der Waals surface area (Å²) in [5, 5.41) is 2.10. The number of hydrogen-bond acceptors (Lipinski definition) is 3. The van der Waals surface area contributed by atoms with Crippen LogP contribution in [0.25, 0.3) is 0 Å². The first-order chi connectivity index (χ1) is 15.4. The van der Waals surface area contributed by atoms with Crippen molar-refractivity contribution >= 4 is 21.6 Å². The van der Waals surface area contributed by atoms with Crippen LogP contribution in [0, 0.1) is 12.7 Å². The lowest BCUT2D eigenvalue weighted by molar-refractivity contribution is -0.161. The molecule has 2 aromatic rings. The van der Waals surface area contributed by atoms with Crippen molar-refractivity contribution < 1.29 is 43.9 Å². The fourth-order valence-electron chi connectivity index (χ4n) is 3.06. The van der Waals surface area contributed by atoms with Crippen molar-refractivity contribution in [3.8, 4) is 0 Å². The number of sulfonamides is 1. The van der Waals surface area contributed by atoms with E-state index in [0.717, 1.165) is 23.8 Å². The monoisotopic (exact) mass is 513 g/mol. The number of amides is 1. The first-order valence-corrected chi connectivity index (χ1v) is 10.7. The minimum Gasteiger partial charge on any atom is -0.345 e. The van der Waals surface area contributed by atoms with Crippen molar-refractivity contribution in [2.45, 2.75) is 37.1 Å². The van der Waals surface area contributed by atoms with Crippen LogP contribution in [0.3, 0.4) is 0 Å². The summed E-state index contributed by atoms with van der Waals surface area (Å²) < 4.78 is 119. The normalized spacial score (nSPS) is 13.2. The molecule has 14 heteroatoms. The van der Waals surface area contributed by atoms with Crippen molar-refractivity contribution in [2.24, 2.45) is 7.05 Å². The second-order valence-electron chi connectivity index (χ2n) is 7.11. The Labute approximate surface area is 190 Å². The SMILES string of the molecule is C=C=CN([C@H](C)C(F)(F)F)S(=O)(=O)c1cn(C)c(C(=O)Nc2ccc(F)c(C(F)(F)F)c2)c1C. The summed E-state index contributed by atoms with van der Waals surface area (Å²) in [4.78, 5) is 12.1. The van der Waals surface area contributed by atoms with Crippen molar-refractivity contribution in [3.63, 3.8) is 0 Å². The Morgan fingerprint density at radius 3 is 2.32 bits per heavy atom. The third-order valence-electron chi connectivity index (χ3n) is 4.76. The number of aryl methyl sites for hydroxylation is 1. The van der Waals surface area contributed by atoms with E-state index in [0.29, 0.717) is 25.3 Å². The second kappa shape index (κ2) is 9.18. The number of carbonyl (C=O) groups excluding carboxylic acids is 1. The molecule has 0 radical (unpaired) electrons. The van der Waals surface area contributed by atoms with Crippen LogP contribution in [0.5, 0.6) is 0 Å². The highest BCUT2D eigenvalue weighted by atomic mass is 32.2. The van der Waals surface area contributed by atoms with E-state index >= 15 is 0 Å². The van der Waals surface area contributed by atoms with Crippen molar-refractivity contribution in [2.75, 3.05) is 5.32 Å². The van der Waals surface area contributed by atoms with Gasteiger partial charge < -0.3 is 9.88 Å². The average molecular weight is 513 g/mol. The lowest BCUT2D eigenvalue weighted by Crippen LogP contribution is -2.43. The van der Waals surface area contributed by atoms with Gasteiger partial charge in [-0.2, -0.15) is 26.3 Å². The summed E-state index contributed by atoms with van der Waals surface area (Å²) in [6.07, 6.45) is -8.60. The molecule has 0 saturated carbocycles. The van der Waals surface area contributed by atoms with Gasteiger partial charge in [0.05, 0.1) is 11.8 Å². The minimum absolute atomic E-state index is 0.0143. The van der Waals surface area contributed by atoms with Gasteiger partial charge in [-0.3, -0.25) is 9.10 Å². The number of benzene rings is 1. The van der Waals surface area contributed by atoms with E-state index in [1.807, 2.05) is 5.73 Å². The zero-order chi connectivity index (χ0) is 26.2. The summed E-state index contributed by atoms with van der Waals surface area (Å²) in [5.41, 5.74) is -0.726. The predicted octanol–water partition coefficient (Wildman–Crippen LogP) is 4.98. The summed E-state index contributed by atoms with van der Waals surface area (Å²) in [7, 11) is -3.64. The summed E-state index contributed by atoms with van der Waals surface area (Å²) in [6, 6.07) is -0.793. The van der Waals surface area contributed by atoms with E-state index in [1.54, 1.807) is 0 Å². The van der Waals surface area contributed by atoms with Gasteiger partial charge in [0.2, 0.25) is 0 Å². The molecule has 0 aliphatic carbocycles. The fourth-order valence-corrected chi connectivity index (χ4v) is 4.81.